The number of benzene rings is 1. The minimum absolute atomic E-state index is 0.641. The third-order valence-corrected chi connectivity index (χ3v) is 4.15. The van der Waals surface area contributed by atoms with E-state index in [9.17, 15) is 0 Å². The number of nitrogens with one attached hydrogen (secondary N) is 1. The van der Waals surface area contributed by atoms with Crippen LogP contribution >= 0.6 is 11.6 Å². The molecule has 3 rings (SSSR count). The first-order valence-corrected chi connectivity index (χ1v) is 6.26. The van der Waals surface area contributed by atoms with Crippen LogP contribution in [0.1, 0.15) is 31.2 Å². The summed E-state index contributed by atoms with van der Waals surface area (Å²) in [6.07, 6.45) is 6.77. The zero-order chi connectivity index (χ0) is 10.3. The van der Waals surface area contributed by atoms with Crippen LogP contribution in [0.3, 0.4) is 0 Å². The molecule has 0 aromatic heterocycles. The Labute approximate surface area is 95.8 Å². The second-order valence-electron chi connectivity index (χ2n) is 4.77. The molecule has 0 amide bonds. The van der Waals surface area contributed by atoms with Crippen LogP contribution in [0.2, 0.25) is 5.02 Å². The summed E-state index contributed by atoms with van der Waals surface area (Å²) in [5.74, 6) is 0.869. The van der Waals surface area contributed by atoms with Crippen molar-refractivity contribution in [3.63, 3.8) is 0 Å². The van der Waals surface area contributed by atoms with Crippen LogP contribution in [0.5, 0.6) is 0 Å². The van der Waals surface area contributed by atoms with Crippen LogP contribution in [0.4, 0.5) is 5.69 Å². The van der Waals surface area contributed by atoms with Gasteiger partial charge in [-0.2, -0.15) is 0 Å². The van der Waals surface area contributed by atoms with Crippen molar-refractivity contribution in [1.29, 1.82) is 0 Å². The maximum Gasteiger partial charge on any atom is 0.0640 e. The Morgan fingerprint density at radius 2 is 2.00 bits per heavy atom. The van der Waals surface area contributed by atoms with E-state index in [1.807, 2.05) is 6.07 Å². The lowest BCUT2D eigenvalue weighted by molar-refractivity contribution is 0.466. The molecule has 1 aliphatic heterocycles. The number of hydrogen-bond acceptors (Lipinski definition) is 1. The highest BCUT2D eigenvalue weighted by molar-refractivity contribution is 6.33. The van der Waals surface area contributed by atoms with Gasteiger partial charge in [-0.15, -0.1) is 0 Å². The van der Waals surface area contributed by atoms with Crippen LogP contribution in [-0.4, -0.2) is 6.04 Å². The number of rotatable bonds is 1. The van der Waals surface area contributed by atoms with Gasteiger partial charge in [0.25, 0.3) is 0 Å². The molecule has 0 saturated heterocycles. The number of fused-ring (bicyclic) bond motifs is 1. The number of halogens is 1. The van der Waals surface area contributed by atoms with Crippen LogP contribution < -0.4 is 5.32 Å². The van der Waals surface area contributed by atoms with Gasteiger partial charge in [0.2, 0.25) is 0 Å². The molecule has 0 radical (unpaired) electrons. The average molecular weight is 222 g/mol. The molecule has 1 atom stereocenters. The van der Waals surface area contributed by atoms with Crippen molar-refractivity contribution in [2.75, 3.05) is 5.32 Å². The Hall–Kier alpha value is -0.690. The second kappa shape index (κ2) is 3.71. The lowest BCUT2D eigenvalue weighted by atomic mass is 9.95. The lowest BCUT2D eigenvalue weighted by Gasteiger charge is -2.18. The molecular formula is C13H16ClN. The Bertz CT molecular complexity index is 369. The summed E-state index contributed by atoms with van der Waals surface area (Å²) < 4.78 is 0. The molecule has 1 saturated carbocycles. The summed E-state index contributed by atoms with van der Waals surface area (Å²) in [5, 5.41) is 4.50. The quantitative estimate of drug-likeness (QED) is 0.759. The molecule has 1 nitrogen and oxygen atoms in total. The van der Waals surface area contributed by atoms with E-state index in [4.69, 9.17) is 11.6 Å². The van der Waals surface area contributed by atoms with Crippen molar-refractivity contribution in [3.8, 4) is 0 Å². The molecule has 0 spiro atoms. The summed E-state index contributed by atoms with van der Waals surface area (Å²) in [6.45, 7) is 0. The van der Waals surface area contributed by atoms with Gasteiger partial charge < -0.3 is 5.32 Å². The van der Waals surface area contributed by atoms with Crippen LogP contribution in [0.15, 0.2) is 18.2 Å². The number of anilines is 1. The molecule has 1 aromatic rings. The van der Waals surface area contributed by atoms with E-state index in [1.54, 1.807) is 0 Å². The van der Waals surface area contributed by atoms with Gasteiger partial charge >= 0.3 is 0 Å². The third kappa shape index (κ3) is 1.63. The maximum atomic E-state index is 6.18. The first-order valence-electron chi connectivity index (χ1n) is 5.88. The van der Waals surface area contributed by atoms with E-state index in [-0.39, 0.29) is 0 Å². The predicted molar refractivity (Wildman–Crippen MR) is 64.5 cm³/mol. The Kier molecular flexibility index (Phi) is 2.36. The van der Waals surface area contributed by atoms with Crippen molar-refractivity contribution >= 4 is 17.3 Å². The standard InChI is InChI=1S/C13H16ClN/c14-11-7-3-6-10-8-12(15-13(10)11)9-4-1-2-5-9/h3,6-7,9,12,15H,1-2,4-5,8H2. The van der Waals surface area contributed by atoms with Gasteiger partial charge in [-0.3, -0.25) is 0 Å². The summed E-state index contributed by atoms with van der Waals surface area (Å²) in [6, 6.07) is 6.87. The molecular weight excluding hydrogens is 206 g/mol. The van der Waals surface area contributed by atoms with Gasteiger partial charge in [0.1, 0.15) is 0 Å². The van der Waals surface area contributed by atoms with Gasteiger partial charge in [0.15, 0.2) is 0 Å². The topological polar surface area (TPSA) is 12.0 Å². The minimum atomic E-state index is 0.641. The van der Waals surface area contributed by atoms with Gasteiger partial charge in [0, 0.05) is 6.04 Å². The number of para-hydroxylation sites is 1. The van der Waals surface area contributed by atoms with Gasteiger partial charge in [-0.1, -0.05) is 36.6 Å². The zero-order valence-corrected chi connectivity index (χ0v) is 9.56. The van der Waals surface area contributed by atoms with Gasteiger partial charge in [-0.25, -0.2) is 0 Å². The maximum absolute atomic E-state index is 6.18. The molecule has 2 heteroatoms. The molecule has 1 unspecified atom stereocenters. The second-order valence-corrected chi connectivity index (χ2v) is 5.18. The van der Waals surface area contributed by atoms with Crippen LogP contribution in [0, 0.1) is 5.92 Å². The largest absolute Gasteiger partial charge is 0.380 e. The molecule has 1 aliphatic carbocycles. The van der Waals surface area contributed by atoms with E-state index >= 15 is 0 Å². The van der Waals surface area contributed by atoms with Gasteiger partial charge in [-0.05, 0) is 36.8 Å². The zero-order valence-electron chi connectivity index (χ0n) is 8.80. The fraction of sp³-hybridized carbons (Fsp3) is 0.538. The van der Waals surface area contributed by atoms with Crippen molar-refractivity contribution in [1.82, 2.24) is 0 Å². The van der Waals surface area contributed by atoms with Gasteiger partial charge in [0.05, 0.1) is 10.7 Å². The number of hydrogen-bond donors (Lipinski definition) is 1. The molecule has 15 heavy (non-hydrogen) atoms. The Balaban J connectivity index is 1.82. The summed E-state index contributed by atoms with van der Waals surface area (Å²) in [4.78, 5) is 0. The smallest absolute Gasteiger partial charge is 0.0640 e. The molecule has 1 aromatic carbocycles. The fourth-order valence-electron chi connectivity index (χ4n) is 3.02. The van der Waals surface area contributed by atoms with E-state index < -0.39 is 0 Å². The van der Waals surface area contributed by atoms with Crippen LogP contribution in [0.25, 0.3) is 0 Å². The van der Waals surface area contributed by atoms with Crippen molar-refractivity contribution in [3.05, 3.63) is 28.8 Å². The predicted octanol–water partition coefficient (Wildman–Crippen LogP) is 3.87. The lowest BCUT2D eigenvalue weighted by Crippen LogP contribution is -2.24. The Morgan fingerprint density at radius 3 is 2.73 bits per heavy atom. The molecule has 0 bridgehead atoms. The SMILES string of the molecule is Clc1cccc2c1NC(C1CCCC1)C2. The third-order valence-electron chi connectivity index (χ3n) is 3.84. The highest BCUT2D eigenvalue weighted by Gasteiger charge is 2.30. The highest BCUT2D eigenvalue weighted by Crippen LogP contribution is 2.39. The van der Waals surface area contributed by atoms with E-state index in [0.717, 1.165) is 10.9 Å². The molecule has 2 aliphatic rings. The highest BCUT2D eigenvalue weighted by atomic mass is 35.5. The molecule has 1 heterocycles. The average Bonchev–Trinajstić information content (AvgIpc) is 2.86. The molecule has 1 fully saturated rings. The van der Waals surface area contributed by atoms with Crippen molar-refractivity contribution in [2.24, 2.45) is 5.92 Å². The van der Waals surface area contributed by atoms with E-state index in [0.29, 0.717) is 6.04 Å². The van der Waals surface area contributed by atoms with Crippen molar-refractivity contribution < 1.29 is 0 Å². The first kappa shape index (κ1) is 9.53. The summed E-state index contributed by atoms with van der Waals surface area (Å²) in [5.41, 5.74) is 2.59. The monoisotopic (exact) mass is 221 g/mol. The molecule has 80 valence electrons. The minimum Gasteiger partial charge on any atom is -0.380 e. The fourth-order valence-corrected chi connectivity index (χ4v) is 3.27. The summed E-state index contributed by atoms with van der Waals surface area (Å²) >= 11 is 6.18. The Morgan fingerprint density at radius 1 is 1.20 bits per heavy atom. The van der Waals surface area contributed by atoms with Crippen LogP contribution in [-0.2, 0) is 6.42 Å². The normalized spacial score (nSPS) is 25.3. The van der Waals surface area contributed by atoms with Crippen molar-refractivity contribution in [2.45, 2.75) is 38.1 Å². The summed E-state index contributed by atoms with van der Waals surface area (Å²) in [7, 11) is 0. The molecule has 1 N–H and O–H groups in total. The van der Waals surface area contributed by atoms with E-state index in [1.165, 1.54) is 43.4 Å². The first-order chi connectivity index (χ1) is 7.34. The van der Waals surface area contributed by atoms with E-state index in [2.05, 4.69) is 17.4 Å².